The van der Waals surface area contributed by atoms with Crippen molar-refractivity contribution in [3.8, 4) is 0 Å². The van der Waals surface area contributed by atoms with Crippen molar-refractivity contribution in [1.29, 1.82) is 0 Å². The van der Waals surface area contributed by atoms with Crippen molar-refractivity contribution in [3.63, 3.8) is 0 Å². The third-order valence-corrected chi connectivity index (χ3v) is 4.60. The van der Waals surface area contributed by atoms with Gasteiger partial charge in [0.15, 0.2) is 0 Å². The molecule has 0 radical (unpaired) electrons. The molecule has 1 amide bonds. The summed E-state index contributed by atoms with van der Waals surface area (Å²) in [7, 11) is 0. The molecule has 2 nitrogen and oxygen atoms in total. The monoisotopic (exact) mass is 251 g/mol. The van der Waals surface area contributed by atoms with Gasteiger partial charge in [-0.25, -0.2) is 0 Å². The normalized spacial score (nSPS) is 16.4. The molecule has 1 aliphatic rings. The molecule has 0 atom stereocenters. The Morgan fingerprint density at radius 2 is 2.06 bits per heavy atom. The minimum atomic E-state index is 0.237. The lowest BCUT2D eigenvalue weighted by Crippen LogP contribution is -2.38. The Morgan fingerprint density at radius 1 is 1.41 bits per heavy atom. The summed E-state index contributed by atoms with van der Waals surface area (Å²) >= 11 is 1.72. The predicted octanol–water partition coefficient (Wildman–Crippen LogP) is 3.77. The third kappa shape index (κ3) is 2.54. The van der Waals surface area contributed by atoms with Crippen LogP contribution in [0.5, 0.6) is 0 Å². The van der Waals surface area contributed by atoms with Crippen molar-refractivity contribution in [2.75, 3.05) is 6.54 Å². The Balaban J connectivity index is 2.19. The van der Waals surface area contributed by atoms with Gasteiger partial charge in [-0.15, -0.1) is 11.3 Å². The van der Waals surface area contributed by atoms with Gasteiger partial charge in [0.25, 0.3) is 5.91 Å². The summed E-state index contributed by atoms with van der Waals surface area (Å²) in [5.74, 6) is 0.237. The van der Waals surface area contributed by atoms with Crippen molar-refractivity contribution in [2.24, 2.45) is 0 Å². The maximum atomic E-state index is 12.5. The van der Waals surface area contributed by atoms with Crippen molar-refractivity contribution < 1.29 is 4.79 Å². The van der Waals surface area contributed by atoms with Crippen molar-refractivity contribution in [3.05, 3.63) is 21.4 Å². The summed E-state index contributed by atoms with van der Waals surface area (Å²) < 4.78 is 0. The number of carbonyl (C=O) groups is 1. The van der Waals surface area contributed by atoms with E-state index in [2.05, 4.69) is 18.7 Å². The first-order valence-electron chi connectivity index (χ1n) is 6.51. The molecule has 3 heteroatoms. The first kappa shape index (κ1) is 12.6. The molecule has 1 saturated carbocycles. The number of thiophene rings is 1. The molecular weight excluding hydrogens is 230 g/mol. The highest BCUT2D eigenvalue weighted by Crippen LogP contribution is 2.27. The minimum Gasteiger partial charge on any atom is -0.336 e. The van der Waals surface area contributed by atoms with E-state index in [4.69, 9.17) is 0 Å². The van der Waals surface area contributed by atoms with Crippen LogP contribution in [0.25, 0.3) is 0 Å². The maximum absolute atomic E-state index is 12.5. The van der Waals surface area contributed by atoms with Crippen LogP contribution >= 0.6 is 11.3 Å². The second kappa shape index (κ2) is 5.21. The van der Waals surface area contributed by atoms with Gasteiger partial charge in [-0.3, -0.25) is 4.79 Å². The van der Waals surface area contributed by atoms with E-state index in [1.54, 1.807) is 11.3 Å². The molecule has 1 fully saturated rings. The van der Waals surface area contributed by atoms with Crippen LogP contribution < -0.4 is 0 Å². The van der Waals surface area contributed by atoms with Crippen LogP contribution in [0.4, 0.5) is 0 Å². The Labute approximate surface area is 108 Å². The molecule has 0 saturated heterocycles. The second-order valence-electron chi connectivity index (χ2n) is 4.86. The van der Waals surface area contributed by atoms with Crippen LogP contribution in [0, 0.1) is 13.8 Å². The average Bonchev–Trinajstić information content (AvgIpc) is 2.89. The molecule has 0 spiro atoms. The zero-order chi connectivity index (χ0) is 12.4. The highest BCUT2D eigenvalue weighted by Gasteiger charge is 2.27. The molecule has 1 aliphatic carbocycles. The molecule has 0 aliphatic heterocycles. The van der Waals surface area contributed by atoms with Gasteiger partial charge in [0.1, 0.15) is 0 Å². The van der Waals surface area contributed by atoms with Crippen molar-refractivity contribution >= 4 is 17.2 Å². The molecule has 1 aromatic heterocycles. The van der Waals surface area contributed by atoms with E-state index in [9.17, 15) is 4.79 Å². The van der Waals surface area contributed by atoms with E-state index in [1.807, 2.05) is 13.0 Å². The summed E-state index contributed by atoms with van der Waals surface area (Å²) in [6.45, 7) is 7.04. The van der Waals surface area contributed by atoms with Crippen LogP contribution in [-0.4, -0.2) is 23.4 Å². The van der Waals surface area contributed by atoms with Gasteiger partial charge in [0.2, 0.25) is 0 Å². The van der Waals surface area contributed by atoms with E-state index < -0.39 is 0 Å². The van der Waals surface area contributed by atoms with E-state index in [0.717, 1.165) is 17.0 Å². The van der Waals surface area contributed by atoms with Crippen LogP contribution in [0.15, 0.2) is 6.07 Å². The SMILES string of the molecule is CCN(C(=O)c1cc(C)sc1C)C1CCCC1. The lowest BCUT2D eigenvalue weighted by Gasteiger charge is -2.27. The summed E-state index contributed by atoms with van der Waals surface area (Å²) in [6, 6.07) is 2.52. The van der Waals surface area contributed by atoms with Crippen LogP contribution in [0.2, 0.25) is 0 Å². The molecule has 0 bridgehead atoms. The number of amides is 1. The fourth-order valence-electron chi connectivity index (χ4n) is 2.78. The van der Waals surface area contributed by atoms with E-state index in [1.165, 1.54) is 30.6 Å². The molecule has 2 rings (SSSR count). The highest BCUT2D eigenvalue weighted by molar-refractivity contribution is 7.12. The third-order valence-electron chi connectivity index (χ3n) is 3.64. The molecule has 94 valence electrons. The Hall–Kier alpha value is -0.830. The van der Waals surface area contributed by atoms with Gasteiger partial charge >= 0.3 is 0 Å². The fraction of sp³-hybridized carbons (Fsp3) is 0.643. The molecule has 1 heterocycles. The van der Waals surface area contributed by atoms with Crippen LogP contribution in [0.3, 0.4) is 0 Å². The number of rotatable bonds is 3. The summed E-state index contributed by atoms with van der Waals surface area (Å²) in [6.07, 6.45) is 4.91. The molecular formula is C14H21NOS. The lowest BCUT2D eigenvalue weighted by molar-refractivity contribution is 0.0693. The van der Waals surface area contributed by atoms with Crippen molar-refractivity contribution in [2.45, 2.75) is 52.5 Å². The van der Waals surface area contributed by atoms with Crippen LogP contribution in [-0.2, 0) is 0 Å². The summed E-state index contributed by atoms with van der Waals surface area (Å²) in [5, 5.41) is 0. The van der Waals surface area contributed by atoms with E-state index in [-0.39, 0.29) is 5.91 Å². The van der Waals surface area contributed by atoms with E-state index >= 15 is 0 Å². The van der Waals surface area contributed by atoms with Gasteiger partial charge in [0, 0.05) is 22.3 Å². The quantitative estimate of drug-likeness (QED) is 0.801. The number of aryl methyl sites for hydroxylation is 2. The Kier molecular flexibility index (Phi) is 3.87. The van der Waals surface area contributed by atoms with Crippen LogP contribution in [0.1, 0.15) is 52.7 Å². The minimum absolute atomic E-state index is 0.237. The Morgan fingerprint density at radius 3 is 2.53 bits per heavy atom. The number of nitrogens with zero attached hydrogens (tertiary/aromatic N) is 1. The lowest BCUT2D eigenvalue weighted by atomic mass is 10.1. The maximum Gasteiger partial charge on any atom is 0.255 e. The number of carbonyl (C=O) groups excluding carboxylic acids is 1. The predicted molar refractivity (Wildman–Crippen MR) is 72.8 cm³/mol. The number of hydrogen-bond donors (Lipinski definition) is 0. The molecule has 1 aromatic rings. The van der Waals surface area contributed by atoms with Gasteiger partial charge in [-0.1, -0.05) is 12.8 Å². The van der Waals surface area contributed by atoms with Crippen molar-refractivity contribution in [1.82, 2.24) is 4.90 Å². The zero-order valence-electron chi connectivity index (χ0n) is 11.0. The molecule has 0 aromatic carbocycles. The first-order chi connectivity index (χ1) is 8.13. The van der Waals surface area contributed by atoms with Gasteiger partial charge in [0.05, 0.1) is 5.56 Å². The van der Waals surface area contributed by atoms with Gasteiger partial charge < -0.3 is 4.90 Å². The second-order valence-corrected chi connectivity index (χ2v) is 6.32. The first-order valence-corrected chi connectivity index (χ1v) is 7.33. The van der Waals surface area contributed by atoms with E-state index in [0.29, 0.717) is 6.04 Å². The largest absolute Gasteiger partial charge is 0.336 e. The smallest absolute Gasteiger partial charge is 0.255 e. The van der Waals surface area contributed by atoms with Gasteiger partial charge in [-0.05, 0) is 39.7 Å². The Bertz CT molecular complexity index is 404. The average molecular weight is 251 g/mol. The summed E-state index contributed by atoms with van der Waals surface area (Å²) in [5.41, 5.74) is 0.918. The number of hydrogen-bond acceptors (Lipinski definition) is 2. The molecule has 17 heavy (non-hydrogen) atoms. The topological polar surface area (TPSA) is 20.3 Å². The van der Waals surface area contributed by atoms with Gasteiger partial charge in [-0.2, -0.15) is 0 Å². The zero-order valence-corrected chi connectivity index (χ0v) is 11.8. The molecule has 0 N–H and O–H groups in total. The molecule has 0 unspecified atom stereocenters. The fourth-order valence-corrected chi connectivity index (χ4v) is 3.70. The summed E-state index contributed by atoms with van der Waals surface area (Å²) in [4.78, 5) is 17.0. The standard InChI is InChI=1S/C14H21NOS/c1-4-15(12-7-5-6-8-12)14(16)13-9-10(2)17-11(13)3/h9,12H,4-8H2,1-3H3. The highest BCUT2D eigenvalue weighted by atomic mass is 32.1.